The van der Waals surface area contributed by atoms with Crippen molar-refractivity contribution < 1.29 is 19.0 Å². The Kier molecular flexibility index (Phi) is 4.19. The summed E-state index contributed by atoms with van der Waals surface area (Å²) < 4.78 is 15.2. The van der Waals surface area contributed by atoms with Gasteiger partial charge < -0.3 is 14.2 Å². The molecule has 0 atom stereocenters. The fourth-order valence-electron chi connectivity index (χ4n) is 1.36. The molecule has 1 amide bonds. The van der Waals surface area contributed by atoms with Crippen LogP contribution in [0.25, 0.3) is 10.4 Å². The molecule has 0 saturated carbocycles. The predicted octanol–water partition coefficient (Wildman–Crippen LogP) is 2.16. The molecule has 1 rings (SSSR count). The summed E-state index contributed by atoms with van der Waals surface area (Å²) in [5.41, 5.74) is 8.34. The smallest absolute Gasteiger partial charge is 0.253 e. The van der Waals surface area contributed by atoms with Gasteiger partial charge in [0, 0.05) is 4.91 Å². The van der Waals surface area contributed by atoms with Crippen molar-refractivity contribution in [1.82, 2.24) is 0 Å². The van der Waals surface area contributed by atoms with E-state index < -0.39 is 5.91 Å². The number of hydrogen-bond donors (Lipinski definition) is 0. The first-order valence-corrected chi connectivity index (χ1v) is 4.58. The van der Waals surface area contributed by atoms with E-state index in [0.29, 0.717) is 5.75 Å². The van der Waals surface area contributed by atoms with Crippen LogP contribution in [0.3, 0.4) is 0 Å². The monoisotopic (exact) mass is 237 g/mol. The zero-order valence-electron chi connectivity index (χ0n) is 9.63. The first-order chi connectivity index (χ1) is 8.19. The fourth-order valence-corrected chi connectivity index (χ4v) is 1.36. The van der Waals surface area contributed by atoms with Crippen molar-refractivity contribution in [3.63, 3.8) is 0 Å². The maximum absolute atomic E-state index is 11.5. The van der Waals surface area contributed by atoms with Crippen LogP contribution >= 0.6 is 0 Å². The molecule has 0 fully saturated rings. The summed E-state index contributed by atoms with van der Waals surface area (Å²) in [4.78, 5) is 13.9. The van der Waals surface area contributed by atoms with E-state index in [4.69, 9.17) is 19.7 Å². The van der Waals surface area contributed by atoms with Crippen LogP contribution in [0.5, 0.6) is 17.2 Å². The first kappa shape index (κ1) is 12.7. The third kappa shape index (κ3) is 2.40. The Morgan fingerprint density at radius 1 is 1.18 bits per heavy atom. The van der Waals surface area contributed by atoms with E-state index in [9.17, 15) is 4.79 Å². The molecule has 0 aromatic heterocycles. The van der Waals surface area contributed by atoms with E-state index in [0.717, 1.165) is 0 Å². The Labute approximate surface area is 97.5 Å². The molecule has 0 aliphatic heterocycles. The van der Waals surface area contributed by atoms with Crippen LogP contribution in [0.2, 0.25) is 0 Å². The molecular weight excluding hydrogens is 226 g/mol. The molecule has 0 radical (unpaired) electrons. The van der Waals surface area contributed by atoms with Crippen LogP contribution in [0.1, 0.15) is 10.4 Å². The van der Waals surface area contributed by atoms with Gasteiger partial charge in [-0.05, 0) is 22.8 Å². The van der Waals surface area contributed by atoms with Crippen LogP contribution in [-0.4, -0.2) is 27.2 Å². The first-order valence-electron chi connectivity index (χ1n) is 4.58. The molecule has 1 aromatic carbocycles. The largest absolute Gasteiger partial charge is 0.493 e. The van der Waals surface area contributed by atoms with Gasteiger partial charge in [-0.15, -0.1) is 0 Å². The van der Waals surface area contributed by atoms with Crippen molar-refractivity contribution in [2.24, 2.45) is 5.11 Å². The van der Waals surface area contributed by atoms with Crippen molar-refractivity contribution in [1.29, 1.82) is 0 Å². The summed E-state index contributed by atoms with van der Waals surface area (Å²) in [6.07, 6.45) is 0. The van der Waals surface area contributed by atoms with Gasteiger partial charge in [-0.1, -0.05) is 0 Å². The number of azide groups is 1. The van der Waals surface area contributed by atoms with Crippen LogP contribution in [0.15, 0.2) is 17.2 Å². The number of ether oxygens (including phenoxy) is 3. The van der Waals surface area contributed by atoms with Gasteiger partial charge in [0.05, 0.1) is 26.9 Å². The standard InChI is InChI=1S/C10H11N3O4/c1-15-7-5-4-6(10(14)12-13-11)8(16-2)9(7)17-3/h4-5H,1-3H3. The molecule has 0 N–H and O–H groups in total. The topological polar surface area (TPSA) is 93.5 Å². The highest BCUT2D eigenvalue weighted by Crippen LogP contribution is 2.39. The molecule has 90 valence electrons. The molecule has 17 heavy (non-hydrogen) atoms. The van der Waals surface area contributed by atoms with Crippen molar-refractivity contribution in [3.8, 4) is 17.2 Å². The molecule has 0 unspecified atom stereocenters. The highest BCUT2D eigenvalue weighted by atomic mass is 16.5. The molecule has 1 aromatic rings. The molecule has 0 bridgehead atoms. The Balaban J connectivity index is 3.42. The molecule has 7 heteroatoms. The molecule has 0 saturated heterocycles. The summed E-state index contributed by atoms with van der Waals surface area (Å²) in [5.74, 6) is 0.116. The average molecular weight is 237 g/mol. The summed E-state index contributed by atoms with van der Waals surface area (Å²) >= 11 is 0. The number of benzene rings is 1. The predicted molar refractivity (Wildman–Crippen MR) is 59.6 cm³/mol. The van der Waals surface area contributed by atoms with Gasteiger partial charge in [-0.25, -0.2) is 0 Å². The highest BCUT2D eigenvalue weighted by Gasteiger charge is 2.19. The lowest BCUT2D eigenvalue weighted by Crippen LogP contribution is -2.02. The van der Waals surface area contributed by atoms with E-state index in [1.165, 1.54) is 33.5 Å². The second-order valence-corrected chi connectivity index (χ2v) is 2.88. The van der Waals surface area contributed by atoms with Crippen LogP contribution in [-0.2, 0) is 0 Å². The lowest BCUT2D eigenvalue weighted by molar-refractivity contribution is 0.0996. The zero-order valence-corrected chi connectivity index (χ0v) is 9.63. The minimum absolute atomic E-state index is 0.114. The van der Waals surface area contributed by atoms with E-state index in [-0.39, 0.29) is 17.1 Å². The maximum Gasteiger partial charge on any atom is 0.253 e. The summed E-state index contributed by atoms with van der Waals surface area (Å²) in [5, 5.41) is 3.00. The number of rotatable bonds is 4. The third-order valence-electron chi connectivity index (χ3n) is 2.07. The van der Waals surface area contributed by atoms with Crippen molar-refractivity contribution in [3.05, 3.63) is 28.1 Å². The van der Waals surface area contributed by atoms with Gasteiger partial charge in [0.2, 0.25) is 5.75 Å². The number of amides is 1. The van der Waals surface area contributed by atoms with Crippen molar-refractivity contribution >= 4 is 5.91 Å². The molecular formula is C10H11N3O4. The van der Waals surface area contributed by atoms with Crippen LogP contribution < -0.4 is 14.2 Å². The second kappa shape index (κ2) is 5.62. The number of methoxy groups -OCH3 is 3. The molecule has 7 nitrogen and oxygen atoms in total. The Morgan fingerprint density at radius 3 is 2.29 bits per heavy atom. The Morgan fingerprint density at radius 2 is 1.82 bits per heavy atom. The third-order valence-corrected chi connectivity index (χ3v) is 2.07. The van der Waals surface area contributed by atoms with Gasteiger partial charge in [0.1, 0.15) is 0 Å². The summed E-state index contributed by atoms with van der Waals surface area (Å²) in [6, 6.07) is 2.97. The van der Waals surface area contributed by atoms with E-state index >= 15 is 0 Å². The number of carbonyl (C=O) groups excluding carboxylic acids is 1. The van der Waals surface area contributed by atoms with Gasteiger partial charge in [0.25, 0.3) is 5.91 Å². The summed E-state index contributed by atoms with van der Waals surface area (Å²) in [7, 11) is 4.26. The summed E-state index contributed by atoms with van der Waals surface area (Å²) in [6.45, 7) is 0. The van der Waals surface area contributed by atoms with E-state index in [2.05, 4.69) is 10.0 Å². The fraction of sp³-hybridized carbons (Fsp3) is 0.300. The normalized spacial score (nSPS) is 9.12. The lowest BCUT2D eigenvalue weighted by Gasteiger charge is -2.13. The number of nitrogens with zero attached hydrogens (tertiary/aromatic N) is 3. The molecule has 0 heterocycles. The minimum atomic E-state index is -0.745. The number of hydrogen-bond acceptors (Lipinski definition) is 4. The minimum Gasteiger partial charge on any atom is -0.493 e. The van der Waals surface area contributed by atoms with Gasteiger partial charge in [-0.3, -0.25) is 4.79 Å². The number of carbonyl (C=O) groups is 1. The molecule has 0 aliphatic carbocycles. The highest BCUT2D eigenvalue weighted by molar-refractivity contribution is 5.98. The lowest BCUT2D eigenvalue weighted by atomic mass is 10.1. The second-order valence-electron chi connectivity index (χ2n) is 2.88. The van der Waals surface area contributed by atoms with Gasteiger partial charge in [0.15, 0.2) is 11.5 Å². The molecule has 0 aliphatic rings. The Bertz CT molecular complexity index is 481. The van der Waals surface area contributed by atoms with Gasteiger partial charge in [-0.2, -0.15) is 0 Å². The van der Waals surface area contributed by atoms with Crippen molar-refractivity contribution in [2.45, 2.75) is 0 Å². The van der Waals surface area contributed by atoms with Crippen LogP contribution in [0.4, 0.5) is 0 Å². The SMILES string of the molecule is COc1ccc(C(=O)N=[N+]=[N-])c(OC)c1OC. The van der Waals surface area contributed by atoms with E-state index in [1.54, 1.807) is 0 Å². The quantitative estimate of drug-likeness (QED) is 0.455. The average Bonchev–Trinajstić information content (AvgIpc) is 2.36. The maximum atomic E-state index is 11.5. The van der Waals surface area contributed by atoms with E-state index in [1.807, 2.05) is 0 Å². The van der Waals surface area contributed by atoms with Crippen molar-refractivity contribution in [2.75, 3.05) is 21.3 Å². The Hall–Kier alpha value is -2.40. The zero-order chi connectivity index (χ0) is 12.8. The van der Waals surface area contributed by atoms with Gasteiger partial charge >= 0.3 is 0 Å². The van der Waals surface area contributed by atoms with Crippen LogP contribution in [0, 0.1) is 0 Å². The molecule has 0 spiro atoms.